The van der Waals surface area contributed by atoms with Gasteiger partial charge in [0.15, 0.2) is 0 Å². The zero-order valence-electron chi connectivity index (χ0n) is 14.9. The monoisotopic (exact) mass is 410 g/mol. The summed E-state index contributed by atoms with van der Waals surface area (Å²) in [6, 6.07) is 20.1. The number of benzene rings is 3. The largest absolute Gasteiger partial charge is 0.324 e. The number of halogens is 2. The number of carbonyl (C=O) groups excluding carboxylic acids is 1. The fourth-order valence-corrected chi connectivity index (χ4v) is 3.39. The number of nitrogens with one attached hydrogen (secondary N) is 2. The normalized spacial score (nSPS) is 10.8. The number of imidazole rings is 1. The van der Waals surface area contributed by atoms with Gasteiger partial charge in [0.2, 0.25) is 5.95 Å². The Kier molecular flexibility index (Phi) is 4.94. The maximum absolute atomic E-state index is 12.8. The van der Waals surface area contributed by atoms with Crippen LogP contribution in [0.25, 0.3) is 11.0 Å². The third kappa shape index (κ3) is 3.54. The van der Waals surface area contributed by atoms with Crippen LogP contribution in [0.3, 0.4) is 0 Å². The number of para-hydroxylation sites is 2. The lowest BCUT2D eigenvalue weighted by Gasteiger charge is -2.17. The molecule has 7 heteroatoms. The summed E-state index contributed by atoms with van der Waals surface area (Å²) >= 11 is 12.4. The van der Waals surface area contributed by atoms with E-state index in [-0.39, 0.29) is 5.91 Å². The maximum atomic E-state index is 12.8. The summed E-state index contributed by atoms with van der Waals surface area (Å²) in [5.41, 5.74) is 3.42. The van der Waals surface area contributed by atoms with Crippen LogP contribution in [0.1, 0.15) is 10.4 Å². The van der Waals surface area contributed by atoms with Crippen molar-refractivity contribution in [2.24, 2.45) is 0 Å². The zero-order chi connectivity index (χ0) is 19.7. The van der Waals surface area contributed by atoms with E-state index in [9.17, 15) is 4.79 Å². The van der Waals surface area contributed by atoms with E-state index in [1.807, 2.05) is 30.3 Å². The van der Waals surface area contributed by atoms with Crippen molar-refractivity contribution < 1.29 is 4.79 Å². The second-order valence-corrected chi connectivity index (χ2v) is 7.05. The summed E-state index contributed by atoms with van der Waals surface area (Å²) in [4.78, 5) is 22.1. The van der Waals surface area contributed by atoms with E-state index in [2.05, 4.69) is 15.3 Å². The van der Waals surface area contributed by atoms with Crippen molar-refractivity contribution in [3.05, 3.63) is 82.3 Å². The van der Waals surface area contributed by atoms with E-state index < -0.39 is 0 Å². The molecular formula is C21H16Cl2N4O. The van der Waals surface area contributed by atoms with Gasteiger partial charge in [0.1, 0.15) is 0 Å². The molecule has 140 valence electrons. The van der Waals surface area contributed by atoms with Crippen LogP contribution in [0.4, 0.5) is 17.3 Å². The molecule has 0 atom stereocenters. The van der Waals surface area contributed by atoms with Crippen LogP contribution >= 0.6 is 23.2 Å². The van der Waals surface area contributed by atoms with Gasteiger partial charge in [-0.1, -0.05) is 47.5 Å². The summed E-state index contributed by atoms with van der Waals surface area (Å²) < 4.78 is 0. The number of hydrogen-bond acceptors (Lipinski definition) is 3. The molecule has 0 fully saturated rings. The Labute approximate surface area is 171 Å². The molecule has 2 N–H and O–H groups in total. The van der Waals surface area contributed by atoms with Gasteiger partial charge in [-0.3, -0.25) is 4.79 Å². The molecule has 0 saturated carbocycles. The molecule has 0 spiro atoms. The molecule has 0 aliphatic heterocycles. The predicted octanol–water partition coefficient (Wildman–Crippen LogP) is 5.89. The third-order valence-corrected chi connectivity index (χ3v) is 5.01. The number of aromatic nitrogens is 2. The van der Waals surface area contributed by atoms with Crippen LogP contribution in [-0.4, -0.2) is 22.9 Å². The molecule has 4 rings (SSSR count). The molecule has 1 amide bonds. The van der Waals surface area contributed by atoms with Crippen molar-refractivity contribution in [3.8, 4) is 0 Å². The number of H-pyrrole nitrogens is 1. The molecule has 0 aliphatic carbocycles. The molecule has 5 nitrogen and oxygen atoms in total. The van der Waals surface area contributed by atoms with Gasteiger partial charge in [0.25, 0.3) is 5.91 Å². The first-order valence-corrected chi connectivity index (χ1v) is 9.32. The van der Waals surface area contributed by atoms with Crippen LogP contribution < -0.4 is 10.2 Å². The molecule has 28 heavy (non-hydrogen) atoms. The van der Waals surface area contributed by atoms with Gasteiger partial charge in [0.05, 0.1) is 26.8 Å². The summed E-state index contributed by atoms with van der Waals surface area (Å²) in [5.74, 6) is 0.386. The number of amides is 1. The van der Waals surface area contributed by atoms with Gasteiger partial charge in [0, 0.05) is 18.3 Å². The smallest absolute Gasteiger partial charge is 0.258 e. The number of nitrogens with zero attached hydrogens (tertiary/aromatic N) is 2. The number of aromatic amines is 1. The predicted molar refractivity (Wildman–Crippen MR) is 115 cm³/mol. The highest BCUT2D eigenvalue weighted by atomic mass is 35.5. The average Bonchev–Trinajstić information content (AvgIpc) is 3.12. The van der Waals surface area contributed by atoms with Crippen molar-refractivity contribution in [2.45, 2.75) is 0 Å². The van der Waals surface area contributed by atoms with Gasteiger partial charge in [-0.2, -0.15) is 0 Å². The highest BCUT2D eigenvalue weighted by Crippen LogP contribution is 2.32. The Morgan fingerprint density at radius 2 is 1.71 bits per heavy atom. The van der Waals surface area contributed by atoms with Gasteiger partial charge >= 0.3 is 0 Å². The topological polar surface area (TPSA) is 61.0 Å². The lowest BCUT2D eigenvalue weighted by Crippen LogP contribution is -2.26. The van der Waals surface area contributed by atoms with E-state index in [4.69, 9.17) is 23.2 Å². The van der Waals surface area contributed by atoms with Gasteiger partial charge in [-0.25, -0.2) is 4.98 Å². The summed E-state index contributed by atoms with van der Waals surface area (Å²) in [6.45, 7) is 0. The van der Waals surface area contributed by atoms with Crippen molar-refractivity contribution in [2.75, 3.05) is 17.3 Å². The minimum Gasteiger partial charge on any atom is -0.324 e. The second kappa shape index (κ2) is 7.54. The molecule has 0 unspecified atom stereocenters. The Morgan fingerprint density at radius 1 is 1.00 bits per heavy atom. The van der Waals surface area contributed by atoms with Crippen molar-refractivity contribution >= 4 is 57.5 Å². The van der Waals surface area contributed by atoms with Crippen molar-refractivity contribution in [1.82, 2.24) is 9.97 Å². The highest BCUT2D eigenvalue weighted by Gasteiger charge is 2.15. The maximum Gasteiger partial charge on any atom is 0.258 e. The number of carbonyl (C=O) groups is 1. The minimum atomic E-state index is -0.105. The SMILES string of the molecule is CN(C(=O)c1ccc2nc(Nc3c(Cl)cccc3Cl)[nH]c2c1)c1ccccc1. The number of hydrogen-bond donors (Lipinski definition) is 2. The lowest BCUT2D eigenvalue weighted by atomic mass is 10.1. The van der Waals surface area contributed by atoms with E-state index in [1.54, 1.807) is 48.3 Å². The van der Waals surface area contributed by atoms with Gasteiger partial charge < -0.3 is 15.2 Å². The highest BCUT2D eigenvalue weighted by molar-refractivity contribution is 6.39. The van der Waals surface area contributed by atoms with Crippen molar-refractivity contribution in [1.29, 1.82) is 0 Å². The molecular weight excluding hydrogens is 395 g/mol. The Balaban J connectivity index is 1.62. The summed E-state index contributed by atoms with van der Waals surface area (Å²) in [6.07, 6.45) is 0. The molecule has 3 aromatic carbocycles. The van der Waals surface area contributed by atoms with Crippen molar-refractivity contribution in [3.63, 3.8) is 0 Å². The molecule has 0 aliphatic rings. The van der Waals surface area contributed by atoms with E-state index >= 15 is 0 Å². The number of anilines is 3. The first-order chi connectivity index (χ1) is 13.5. The fraction of sp³-hybridized carbons (Fsp3) is 0.0476. The Bertz CT molecular complexity index is 1140. The van der Waals surface area contributed by atoms with Gasteiger partial charge in [-0.05, 0) is 42.5 Å². The molecule has 0 saturated heterocycles. The van der Waals surface area contributed by atoms with Crippen LogP contribution in [0.15, 0.2) is 66.7 Å². The minimum absolute atomic E-state index is 0.105. The van der Waals surface area contributed by atoms with Gasteiger partial charge in [-0.15, -0.1) is 0 Å². The second-order valence-electron chi connectivity index (χ2n) is 6.24. The summed E-state index contributed by atoms with van der Waals surface area (Å²) in [7, 11) is 1.75. The van der Waals surface area contributed by atoms with Crippen LogP contribution in [0, 0.1) is 0 Å². The standard InChI is InChI=1S/C21H16Cl2N4O/c1-27(14-6-3-2-4-7-14)20(28)13-10-11-17-18(12-13)25-21(24-17)26-19-15(22)8-5-9-16(19)23/h2-12H,1H3,(H2,24,25,26). The quantitative estimate of drug-likeness (QED) is 0.440. The molecule has 0 bridgehead atoms. The van der Waals surface area contributed by atoms with Crippen LogP contribution in [-0.2, 0) is 0 Å². The van der Waals surface area contributed by atoms with Crippen LogP contribution in [0.5, 0.6) is 0 Å². The lowest BCUT2D eigenvalue weighted by molar-refractivity contribution is 0.0993. The first kappa shape index (κ1) is 18.3. The number of fused-ring (bicyclic) bond motifs is 1. The van der Waals surface area contributed by atoms with E-state index in [0.717, 1.165) is 16.7 Å². The molecule has 0 radical (unpaired) electrons. The van der Waals surface area contributed by atoms with Crippen LogP contribution in [0.2, 0.25) is 10.0 Å². The zero-order valence-corrected chi connectivity index (χ0v) is 16.4. The Hall–Kier alpha value is -3.02. The molecule has 1 heterocycles. The summed E-state index contributed by atoms with van der Waals surface area (Å²) in [5, 5.41) is 4.09. The fourth-order valence-electron chi connectivity index (χ4n) is 2.90. The average molecular weight is 411 g/mol. The third-order valence-electron chi connectivity index (χ3n) is 4.38. The number of rotatable bonds is 4. The Morgan fingerprint density at radius 3 is 2.43 bits per heavy atom. The van der Waals surface area contributed by atoms with E-state index in [1.165, 1.54) is 0 Å². The van der Waals surface area contributed by atoms with E-state index in [0.29, 0.717) is 27.2 Å². The molecule has 1 aromatic heterocycles. The first-order valence-electron chi connectivity index (χ1n) is 8.57. The molecule has 4 aromatic rings.